The zero-order valence-electron chi connectivity index (χ0n) is 11.9. The predicted octanol–water partition coefficient (Wildman–Crippen LogP) is 2.65. The van der Waals surface area contributed by atoms with Crippen molar-refractivity contribution in [2.75, 3.05) is 0 Å². The van der Waals surface area contributed by atoms with E-state index in [1.165, 1.54) is 12.5 Å². The molecule has 104 valence electrons. The van der Waals surface area contributed by atoms with E-state index in [0.29, 0.717) is 6.42 Å². The fraction of sp³-hybridized carbons (Fsp3) is 0.467. The minimum absolute atomic E-state index is 0.0390. The van der Waals surface area contributed by atoms with Gasteiger partial charge in [-0.15, -0.1) is 0 Å². The van der Waals surface area contributed by atoms with Gasteiger partial charge < -0.3 is 10.4 Å². The number of carboxylic acids is 1. The van der Waals surface area contributed by atoms with E-state index in [9.17, 15) is 9.59 Å². The molecule has 4 nitrogen and oxygen atoms in total. The Hall–Kier alpha value is -1.84. The van der Waals surface area contributed by atoms with Gasteiger partial charge in [-0.2, -0.15) is 0 Å². The molecule has 4 heteroatoms. The topological polar surface area (TPSA) is 66.4 Å². The second-order valence-corrected chi connectivity index (χ2v) is 4.98. The van der Waals surface area contributed by atoms with Gasteiger partial charge in [0.15, 0.2) is 0 Å². The van der Waals surface area contributed by atoms with Crippen molar-refractivity contribution >= 4 is 11.9 Å². The molecule has 2 N–H and O–H groups in total. The van der Waals surface area contributed by atoms with Crippen molar-refractivity contribution in [1.29, 1.82) is 0 Å². The summed E-state index contributed by atoms with van der Waals surface area (Å²) in [4.78, 5) is 22.0. The van der Waals surface area contributed by atoms with Crippen LogP contribution in [0, 0.1) is 20.8 Å². The highest BCUT2D eigenvalue weighted by molar-refractivity contribution is 5.73. The van der Waals surface area contributed by atoms with Crippen LogP contribution in [0.5, 0.6) is 0 Å². The maximum atomic E-state index is 11.3. The molecule has 0 aliphatic rings. The molecule has 0 heterocycles. The van der Waals surface area contributed by atoms with E-state index in [2.05, 4.69) is 11.4 Å². The number of hydrogen-bond acceptors (Lipinski definition) is 2. The molecule has 1 atom stereocenters. The fourth-order valence-corrected chi connectivity index (χ4v) is 2.18. The van der Waals surface area contributed by atoms with Gasteiger partial charge >= 0.3 is 5.97 Å². The summed E-state index contributed by atoms with van der Waals surface area (Å²) in [7, 11) is 0. The van der Waals surface area contributed by atoms with Gasteiger partial charge in [0.2, 0.25) is 5.91 Å². The average Bonchev–Trinajstić information content (AvgIpc) is 2.29. The third-order valence-electron chi connectivity index (χ3n) is 3.28. The number of nitrogens with one attached hydrogen (secondary N) is 1. The van der Waals surface area contributed by atoms with Gasteiger partial charge in [0, 0.05) is 13.3 Å². The Morgan fingerprint density at radius 2 is 1.74 bits per heavy atom. The van der Waals surface area contributed by atoms with Crippen molar-refractivity contribution in [1.82, 2.24) is 5.32 Å². The Bertz CT molecular complexity index is 494. The van der Waals surface area contributed by atoms with Crippen LogP contribution in [0.25, 0.3) is 0 Å². The van der Waals surface area contributed by atoms with Crippen LogP contribution < -0.4 is 5.32 Å². The first-order valence-corrected chi connectivity index (χ1v) is 6.38. The minimum atomic E-state index is -0.850. The zero-order valence-corrected chi connectivity index (χ0v) is 11.9. The van der Waals surface area contributed by atoms with Crippen LogP contribution in [0.4, 0.5) is 0 Å². The highest BCUT2D eigenvalue weighted by atomic mass is 16.4. The molecule has 0 radical (unpaired) electrons. The zero-order chi connectivity index (χ0) is 14.6. The number of rotatable bonds is 5. The molecule has 1 aromatic rings. The lowest BCUT2D eigenvalue weighted by Crippen LogP contribution is -2.27. The van der Waals surface area contributed by atoms with Crippen molar-refractivity contribution in [3.63, 3.8) is 0 Å². The van der Waals surface area contributed by atoms with Crippen LogP contribution in [-0.2, 0) is 9.59 Å². The fourth-order valence-electron chi connectivity index (χ4n) is 2.18. The standard InChI is InChI=1S/C15H21NO3/c1-9-7-11(3)13(8-10(9)2)14(16-12(4)17)5-6-15(18)19/h7-8,14H,5-6H2,1-4H3,(H,16,17)(H,18,19). The molecule has 0 aliphatic carbocycles. The van der Waals surface area contributed by atoms with E-state index < -0.39 is 5.97 Å². The van der Waals surface area contributed by atoms with E-state index in [-0.39, 0.29) is 18.4 Å². The third-order valence-corrected chi connectivity index (χ3v) is 3.28. The van der Waals surface area contributed by atoms with Crippen LogP contribution in [-0.4, -0.2) is 17.0 Å². The van der Waals surface area contributed by atoms with Crippen molar-refractivity contribution in [2.45, 2.75) is 46.6 Å². The maximum absolute atomic E-state index is 11.3. The lowest BCUT2D eigenvalue weighted by Gasteiger charge is -2.21. The average molecular weight is 263 g/mol. The number of carboxylic acid groups (broad SMARTS) is 1. The number of carbonyl (C=O) groups excluding carboxylic acids is 1. The summed E-state index contributed by atoms with van der Waals surface area (Å²) in [5.41, 5.74) is 4.42. The Labute approximate surface area is 113 Å². The van der Waals surface area contributed by atoms with E-state index in [4.69, 9.17) is 5.11 Å². The highest BCUT2D eigenvalue weighted by Gasteiger charge is 2.17. The van der Waals surface area contributed by atoms with Gasteiger partial charge in [0.05, 0.1) is 6.04 Å². The van der Waals surface area contributed by atoms with Crippen molar-refractivity contribution in [3.8, 4) is 0 Å². The second kappa shape index (κ2) is 6.36. The van der Waals surface area contributed by atoms with Crippen LogP contribution >= 0.6 is 0 Å². The van der Waals surface area contributed by atoms with Gasteiger partial charge in [0.1, 0.15) is 0 Å². The maximum Gasteiger partial charge on any atom is 0.303 e. The smallest absolute Gasteiger partial charge is 0.303 e. The first-order valence-electron chi connectivity index (χ1n) is 6.38. The molecule has 1 aromatic carbocycles. The van der Waals surface area contributed by atoms with Crippen LogP contribution in [0.15, 0.2) is 12.1 Å². The highest BCUT2D eigenvalue weighted by Crippen LogP contribution is 2.25. The van der Waals surface area contributed by atoms with E-state index in [1.54, 1.807) is 0 Å². The molecule has 0 aromatic heterocycles. The number of aryl methyl sites for hydroxylation is 3. The quantitative estimate of drug-likeness (QED) is 0.858. The minimum Gasteiger partial charge on any atom is -0.481 e. The molecule has 1 unspecified atom stereocenters. The molecular formula is C15H21NO3. The molecule has 0 bridgehead atoms. The van der Waals surface area contributed by atoms with Crippen molar-refractivity contribution in [2.24, 2.45) is 0 Å². The predicted molar refractivity (Wildman–Crippen MR) is 74.1 cm³/mol. The SMILES string of the molecule is CC(=O)NC(CCC(=O)O)c1cc(C)c(C)cc1C. The van der Waals surface area contributed by atoms with E-state index in [0.717, 1.165) is 16.7 Å². The summed E-state index contributed by atoms with van der Waals surface area (Å²) < 4.78 is 0. The number of aliphatic carboxylic acids is 1. The monoisotopic (exact) mass is 263 g/mol. The second-order valence-electron chi connectivity index (χ2n) is 4.98. The van der Waals surface area contributed by atoms with Crippen LogP contribution in [0.2, 0.25) is 0 Å². The summed E-state index contributed by atoms with van der Waals surface area (Å²) in [6, 6.07) is 3.86. The lowest BCUT2D eigenvalue weighted by atomic mass is 9.93. The summed E-state index contributed by atoms with van der Waals surface area (Å²) in [6.07, 6.45) is 0.440. The number of benzene rings is 1. The Balaban J connectivity index is 3.05. The molecule has 19 heavy (non-hydrogen) atoms. The Kier molecular flexibility index (Phi) is 5.10. The van der Waals surface area contributed by atoms with Gasteiger partial charge in [-0.05, 0) is 49.4 Å². The number of amides is 1. The Morgan fingerprint density at radius 3 is 2.26 bits per heavy atom. The molecular weight excluding hydrogens is 242 g/mol. The molecule has 0 aliphatic heterocycles. The van der Waals surface area contributed by atoms with Crippen molar-refractivity contribution in [3.05, 3.63) is 34.4 Å². The largest absolute Gasteiger partial charge is 0.481 e. The van der Waals surface area contributed by atoms with E-state index >= 15 is 0 Å². The number of hydrogen-bond donors (Lipinski definition) is 2. The van der Waals surface area contributed by atoms with Crippen LogP contribution in [0.3, 0.4) is 0 Å². The number of carbonyl (C=O) groups is 2. The summed E-state index contributed by atoms with van der Waals surface area (Å²) in [5.74, 6) is -0.996. The van der Waals surface area contributed by atoms with Crippen LogP contribution in [0.1, 0.15) is 48.1 Å². The molecule has 1 amide bonds. The third kappa shape index (κ3) is 4.39. The van der Waals surface area contributed by atoms with Gasteiger partial charge in [-0.25, -0.2) is 0 Å². The van der Waals surface area contributed by atoms with Gasteiger partial charge in [-0.3, -0.25) is 9.59 Å². The Morgan fingerprint density at radius 1 is 1.16 bits per heavy atom. The molecule has 1 rings (SSSR count). The first-order chi connectivity index (χ1) is 8.81. The van der Waals surface area contributed by atoms with Gasteiger partial charge in [-0.1, -0.05) is 12.1 Å². The normalized spacial score (nSPS) is 12.0. The summed E-state index contributed by atoms with van der Waals surface area (Å²) in [5, 5.41) is 11.6. The molecule has 0 fully saturated rings. The molecule has 0 spiro atoms. The summed E-state index contributed by atoms with van der Waals surface area (Å²) >= 11 is 0. The molecule has 0 saturated heterocycles. The summed E-state index contributed by atoms with van der Waals surface area (Å²) in [6.45, 7) is 7.48. The van der Waals surface area contributed by atoms with Gasteiger partial charge in [0.25, 0.3) is 0 Å². The van der Waals surface area contributed by atoms with Crippen molar-refractivity contribution < 1.29 is 14.7 Å². The lowest BCUT2D eigenvalue weighted by molar-refractivity contribution is -0.137. The first kappa shape index (κ1) is 15.2. The molecule has 0 saturated carbocycles. The van der Waals surface area contributed by atoms with E-state index in [1.807, 2.05) is 26.8 Å².